The molecule has 3 heteroatoms. The highest BCUT2D eigenvalue weighted by Crippen LogP contribution is 2.48. The summed E-state index contributed by atoms with van der Waals surface area (Å²) in [5.74, 6) is 0. The molecule has 0 bridgehead atoms. The fourth-order valence-corrected chi connectivity index (χ4v) is 8.59. The van der Waals surface area contributed by atoms with E-state index < -0.39 is 0 Å². The number of para-hydroxylation sites is 1. The summed E-state index contributed by atoms with van der Waals surface area (Å²) < 4.78 is 9.10. The fourth-order valence-electron chi connectivity index (χ4n) is 7.47. The first-order valence-corrected chi connectivity index (χ1v) is 17.4. The van der Waals surface area contributed by atoms with E-state index in [-0.39, 0.29) is 0 Å². The van der Waals surface area contributed by atoms with Gasteiger partial charge in [-0.2, -0.15) is 0 Å². The average molecular weight is 644 g/mol. The zero-order chi connectivity index (χ0) is 32.3. The molecule has 0 amide bonds. The quantitative estimate of drug-likeness (QED) is 0.186. The summed E-state index contributed by atoms with van der Waals surface area (Å²) in [6.07, 6.45) is 0. The van der Waals surface area contributed by atoms with Gasteiger partial charge < -0.3 is 9.32 Å². The predicted octanol–water partition coefficient (Wildman–Crippen LogP) is 13.9. The number of anilines is 3. The van der Waals surface area contributed by atoms with Crippen LogP contribution in [-0.4, -0.2) is 0 Å². The van der Waals surface area contributed by atoms with Gasteiger partial charge in [-0.15, -0.1) is 11.3 Å². The minimum Gasteiger partial charge on any atom is -0.455 e. The van der Waals surface area contributed by atoms with Gasteiger partial charge in [-0.3, -0.25) is 0 Å². The topological polar surface area (TPSA) is 16.4 Å². The molecule has 0 saturated heterocycles. The van der Waals surface area contributed by atoms with E-state index in [1.807, 2.05) is 11.3 Å². The number of hydrogen-bond donors (Lipinski definition) is 0. The standard InChI is InChI=1S/C46H29NOS/c1-2-12-30(13-3-1)34-15-6-8-19-39(34)47(40-20-11-23-43-45(40)37-17-7-9-22-42(37)49-43)33-27-24-32(25-28-33)35-18-10-21-41-44(35)38-29-26-31-14-4-5-16-36(31)46(38)48-41/h1-29H. The second-order valence-corrected chi connectivity index (χ2v) is 13.5. The number of benzene rings is 8. The molecule has 8 aromatic carbocycles. The highest BCUT2D eigenvalue weighted by atomic mass is 32.1. The van der Waals surface area contributed by atoms with Gasteiger partial charge in [0.2, 0.25) is 0 Å². The normalized spacial score (nSPS) is 11.7. The molecular weight excluding hydrogens is 615 g/mol. The van der Waals surface area contributed by atoms with Crippen molar-refractivity contribution in [3.05, 3.63) is 176 Å². The van der Waals surface area contributed by atoms with Crippen molar-refractivity contribution in [2.24, 2.45) is 0 Å². The highest BCUT2D eigenvalue weighted by Gasteiger charge is 2.22. The molecule has 230 valence electrons. The van der Waals surface area contributed by atoms with Gasteiger partial charge >= 0.3 is 0 Å². The lowest BCUT2D eigenvalue weighted by atomic mass is 9.97. The van der Waals surface area contributed by atoms with Crippen LogP contribution in [0.4, 0.5) is 17.1 Å². The van der Waals surface area contributed by atoms with Gasteiger partial charge in [0, 0.05) is 47.6 Å². The van der Waals surface area contributed by atoms with Crippen molar-refractivity contribution in [2.75, 3.05) is 4.90 Å². The van der Waals surface area contributed by atoms with Crippen molar-refractivity contribution in [3.8, 4) is 22.3 Å². The average Bonchev–Trinajstić information content (AvgIpc) is 3.75. The van der Waals surface area contributed by atoms with E-state index in [9.17, 15) is 0 Å². The van der Waals surface area contributed by atoms with Crippen molar-refractivity contribution in [1.29, 1.82) is 0 Å². The zero-order valence-corrected chi connectivity index (χ0v) is 27.3. The van der Waals surface area contributed by atoms with Gasteiger partial charge in [-0.25, -0.2) is 0 Å². The summed E-state index contributed by atoms with van der Waals surface area (Å²) in [5.41, 5.74) is 9.95. The van der Waals surface area contributed by atoms with E-state index in [0.717, 1.165) is 44.3 Å². The smallest absolute Gasteiger partial charge is 0.143 e. The predicted molar refractivity (Wildman–Crippen MR) is 210 cm³/mol. The number of thiophene rings is 1. The number of furan rings is 1. The fraction of sp³-hybridized carbons (Fsp3) is 0. The summed E-state index contributed by atoms with van der Waals surface area (Å²) in [6.45, 7) is 0. The van der Waals surface area contributed by atoms with Crippen LogP contribution in [-0.2, 0) is 0 Å². The van der Waals surface area contributed by atoms with E-state index >= 15 is 0 Å². The molecule has 0 unspecified atom stereocenters. The third-order valence-electron chi connectivity index (χ3n) is 9.67. The number of hydrogen-bond acceptors (Lipinski definition) is 3. The lowest BCUT2D eigenvalue weighted by Gasteiger charge is -2.29. The summed E-state index contributed by atoms with van der Waals surface area (Å²) in [4.78, 5) is 2.44. The third kappa shape index (κ3) is 4.47. The maximum Gasteiger partial charge on any atom is 0.143 e. The van der Waals surface area contributed by atoms with Crippen LogP contribution in [0.3, 0.4) is 0 Å². The van der Waals surface area contributed by atoms with Crippen LogP contribution >= 0.6 is 11.3 Å². The Labute approximate surface area is 287 Å². The second kappa shape index (κ2) is 11.2. The molecule has 2 aromatic heterocycles. The van der Waals surface area contributed by atoms with E-state index in [1.54, 1.807) is 0 Å². The van der Waals surface area contributed by atoms with Crippen molar-refractivity contribution in [2.45, 2.75) is 0 Å². The Hall–Kier alpha value is -6.16. The van der Waals surface area contributed by atoms with E-state index in [0.29, 0.717) is 0 Å². The second-order valence-electron chi connectivity index (χ2n) is 12.5. The van der Waals surface area contributed by atoms with Gasteiger partial charge in [0.25, 0.3) is 0 Å². The first kappa shape index (κ1) is 27.9. The molecule has 10 aromatic rings. The Balaban J connectivity index is 1.18. The van der Waals surface area contributed by atoms with Crippen LogP contribution < -0.4 is 4.90 Å². The minimum absolute atomic E-state index is 0.905. The molecule has 49 heavy (non-hydrogen) atoms. The Morgan fingerprint density at radius 3 is 1.98 bits per heavy atom. The van der Waals surface area contributed by atoms with Gasteiger partial charge in [0.05, 0.1) is 11.4 Å². The minimum atomic E-state index is 0.905. The van der Waals surface area contributed by atoms with Crippen molar-refractivity contribution >= 4 is 81.3 Å². The van der Waals surface area contributed by atoms with Crippen LogP contribution in [0, 0.1) is 0 Å². The monoisotopic (exact) mass is 643 g/mol. The SMILES string of the molecule is c1ccc(-c2ccccc2N(c2ccc(-c3cccc4oc5c6ccccc6ccc5c34)cc2)c2cccc3sc4ccccc4c23)cc1. The summed E-state index contributed by atoms with van der Waals surface area (Å²) in [5, 5.41) is 7.17. The zero-order valence-electron chi connectivity index (χ0n) is 26.5. The van der Waals surface area contributed by atoms with Gasteiger partial charge in [0.15, 0.2) is 0 Å². The Morgan fingerprint density at radius 2 is 1.08 bits per heavy atom. The van der Waals surface area contributed by atoms with Crippen molar-refractivity contribution in [1.82, 2.24) is 0 Å². The molecule has 0 fully saturated rings. The van der Waals surface area contributed by atoms with Crippen LogP contribution in [0.2, 0.25) is 0 Å². The van der Waals surface area contributed by atoms with E-state index in [2.05, 4.69) is 181 Å². The Morgan fingerprint density at radius 1 is 0.408 bits per heavy atom. The van der Waals surface area contributed by atoms with Gasteiger partial charge in [-0.05, 0) is 70.6 Å². The van der Waals surface area contributed by atoms with Crippen LogP contribution in [0.25, 0.3) is 75.1 Å². The first-order chi connectivity index (χ1) is 24.3. The number of rotatable bonds is 5. The molecule has 10 rings (SSSR count). The molecule has 0 radical (unpaired) electrons. The highest BCUT2D eigenvalue weighted by molar-refractivity contribution is 7.26. The van der Waals surface area contributed by atoms with Crippen molar-refractivity contribution < 1.29 is 4.42 Å². The largest absolute Gasteiger partial charge is 0.455 e. The van der Waals surface area contributed by atoms with Crippen LogP contribution in [0.15, 0.2) is 180 Å². The molecule has 2 nitrogen and oxygen atoms in total. The van der Waals surface area contributed by atoms with Gasteiger partial charge in [0.1, 0.15) is 11.2 Å². The molecule has 0 N–H and O–H groups in total. The van der Waals surface area contributed by atoms with E-state index in [4.69, 9.17) is 4.42 Å². The molecule has 0 aliphatic carbocycles. The van der Waals surface area contributed by atoms with Crippen LogP contribution in [0.1, 0.15) is 0 Å². The van der Waals surface area contributed by atoms with Crippen molar-refractivity contribution in [3.63, 3.8) is 0 Å². The number of fused-ring (bicyclic) bond motifs is 8. The molecular formula is C46H29NOS. The third-order valence-corrected chi connectivity index (χ3v) is 10.8. The summed E-state index contributed by atoms with van der Waals surface area (Å²) in [6, 6.07) is 63.2. The summed E-state index contributed by atoms with van der Waals surface area (Å²) >= 11 is 1.85. The molecule has 0 aliphatic heterocycles. The lowest BCUT2D eigenvalue weighted by molar-refractivity contribution is 0.673. The van der Waals surface area contributed by atoms with Gasteiger partial charge in [-0.1, -0.05) is 127 Å². The maximum absolute atomic E-state index is 6.52. The van der Waals surface area contributed by atoms with Crippen LogP contribution in [0.5, 0.6) is 0 Å². The number of nitrogens with zero attached hydrogens (tertiary/aromatic N) is 1. The molecule has 0 aliphatic rings. The first-order valence-electron chi connectivity index (χ1n) is 16.6. The molecule has 0 saturated carbocycles. The molecule has 0 atom stereocenters. The molecule has 0 spiro atoms. The summed E-state index contributed by atoms with van der Waals surface area (Å²) in [7, 11) is 0. The lowest BCUT2D eigenvalue weighted by Crippen LogP contribution is -2.11. The van der Waals surface area contributed by atoms with E-state index in [1.165, 1.54) is 47.9 Å². The Kier molecular flexibility index (Phi) is 6.39. The maximum atomic E-state index is 6.52. The Bertz CT molecular complexity index is 2830. The molecule has 2 heterocycles.